The first-order chi connectivity index (χ1) is 24.4. The number of carbonyl (C=O) groups is 1. The summed E-state index contributed by atoms with van der Waals surface area (Å²) in [5, 5.41) is 0. The average Bonchev–Trinajstić information content (AvgIpc) is 3.59. The Morgan fingerprint density at radius 2 is 1.06 bits per heavy atom. The molecule has 2 aliphatic carbocycles. The van der Waals surface area contributed by atoms with E-state index in [4.69, 9.17) is 0 Å². The Kier molecular flexibility index (Phi) is 6.93. The number of rotatable bonds is 5. The summed E-state index contributed by atoms with van der Waals surface area (Å²) in [6, 6.07) is 52.8. The van der Waals surface area contributed by atoms with Gasteiger partial charge in [0.25, 0.3) is 0 Å². The molecule has 0 saturated carbocycles. The molecule has 0 fully saturated rings. The smallest absolute Gasteiger partial charge is 0.236 e. The van der Waals surface area contributed by atoms with Crippen LogP contribution < -0.4 is 4.90 Å². The Labute approximate surface area is 295 Å². The van der Waals surface area contributed by atoms with E-state index in [1.54, 1.807) is 0 Å². The number of nitrogens with zero attached hydrogens (tertiary/aromatic N) is 1. The lowest BCUT2D eigenvalue weighted by Gasteiger charge is -2.46. The topological polar surface area (TPSA) is 20.3 Å². The Morgan fingerprint density at radius 3 is 1.68 bits per heavy atom. The molecule has 1 spiro atoms. The van der Waals surface area contributed by atoms with Crippen LogP contribution in [0.2, 0.25) is 0 Å². The molecular weight excluding hydrogens is 607 g/mol. The van der Waals surface area contributed by atoms with Crippen LogP contribution in [0.25, 0.3) is 22.3 Å². The molecule has 2 unspecified atom stereocenters. The molecule has 242 valence electrons. The van der Waals surface area contributed by atoms with Gasteiger partial charge in [-0.25, -0.2) is 0 Å². The maximum absolute atomic E-state index is 15.7. The molecule has 0 saturated heterocycles. The van der Waals surface area contributed by atoms with Gasteiger partial charge in [0, 0.05) is 5.69 Å². The molecule has 0 N–H and O–H groups in total. The summed E-state index contributed by atoms with van der Waals surface area (Å²) in [5.74, 6) is -0.293. The van der Waals surface area contributed by atoms with Crippen molar-refractivity contribution in [3.63, 3.8) is 0 Å². The normalized spacial score (nSPS) is 19.0. The minimum Gasteiger partial charge on any atom is -0.307 e. The van der Waals surface area contributed by atoms with Crippen LogP contribution in [-0.2, 0) is 16.8 Å². The lowest BCUT2D eigenvalue weighted by molar-refractivity contribution is -0.121. The molecule has 0 aromatic heterocycles. The third-order valence-corrected chi connectivity index (χ3v) is 11.1. The van der Waals surface area contributed by atoms with Crippen LogP contribution in [-0.4, -0.2) is 5.91 Å². The second-order valence-corrected chi connectivity index (χ2v) is 14.4. The minimum atomic E-state index is -0.743. The van der Waals surface area contributed by atoms with E-state index in [0.29, 0.717) is 6.54 Å². The zero-order valence-electron chi connectivity index (χ0n) is 29.0. The number of para-hydroxylation sites is 1. The summed E-state index contributed by atoms with van der Waals surface area (Å²) in [6.45, 7) is 9.10. The van der Waals surface area contributed by atoms with Gasteiger partial charge < -0.3 is 4.90 Å². The standard InChI is InChI=1S/C48H39NO/c1-30-14-21-35(22-15-30)42-43(36-23-16-31(2)17-24-36)45-38-27-20-33(4)28-39(38)46-47(50)49(29-34-10-6-5-7-11-34)41-13-9-8-12-40(41)48(45,46)44(42)37-25-18-32(3)19-26-37/h5-28,46H,29H2,1-4H3. The SMILES string of the molecule is Cc1ccc(C2=C(c3ccc(C)cc3)C34C(=C2c2ccc(C)cc2)c2ccc(C)cc2C3C(=O)N(Cc2ccccc2)c2ccccc24)cc1. The number of fused-ring (bicyclic) bond motifs is 4. The van der Waals surface area contributed by atoms with E-state index in [9.17, 15) is 0 Å². The zero-order chi connectivity index (χ0) is 34.1. The predicted octanol–water partition coefficient (Wildman–Crippen LogP) is 11.0. The second kappa shape index (κ2) is 11.4. The van der Waals surface area contributed by atoms with Crippen molar-refractivity contribution in [2.75, 3.05) is 4.90 Å². The Bertz CT molecular complexity index is 2330. The first kappa shape index (κ1) is 30.3. The lowest BCUT2D eigenvalue weighted by Crippen LogP contribution is -2.48. The Morgan fingerprint density at radius 1 is 0.540 bits per heavy atom. The lowest BCUT2D eigenvalue weighted by atomic mass is 9.60. The van der Waals surface area contributed by atoms with Gasteiger partial charge in [-0.3, -0.25) is 4.79 Å². The molecule has 0 bridgehead atoms. The minimum absolute atomic E-state index is 0.146. The summed E-state index contributed by atoms with van der Waals surface area (Å²) in [4.78, 5) is 17.7. The Hall–Kier alpha value is -5.73. The van der Waals surface area contributed by atoms with Gasteiger partial charge in [-0.05, 0) is 95.0 Å². The van der Waals surface area contributed by atoms with E-state index in [0.717, 1.165) is 27.9 Å². The molecular formula is C48H39NO. The van der Waals surface area contributed by atoms with Crippen molar-refractivity contribution in [3.8, 4) is 0 Å². The predicted molar refractivity (Wildman–Crippen MR) is 207 cm³/mol. The van der Waals surface area contributed by atoms with Crippen molar-refractivity contribution in [1.29, 1.82) is 0 Å². The van der Waals surface area contributed by atoms with Crippen LogP contribution in [0.15, 0.2) is 146 Å². The number of hydrogen-bond acceptors (Lipinski definition) is 1. The van der Waals surface area contributed by atoms with Crippen LogP contribution >= 0.6 is 0 Å². The highest BCUT2D eigenvalue weighted by atomic mass is 16.2. The molecule has 3 aliphatic rings. The number of benzene rings is 6. The van der Waals surface area contributed by atoms with Crippen molar-refractivity contribution in [2.45, 2.75) is 45.6 Å². The van der Waals surface area contributed by atoms with Crippen LogP contribution in [0, 0.1) is 27.7 Å². The molecule has 50 heavy (non-hydrogen) atoms. The Balaban J connectivity index is 1.48. The number of amides is 1. The molecule has 9 rings (SSSR count). The third-order valence-electron chi connectivity index (χ3n) is 11.1. The van der Waals surface area contributed by atoms with Crippen LogP contribution in [0.4, 0.5) is 5.69 Å². The highest BCUT2D eigenvalue weighted by molar-refractivity contribution is 6.35. The van der Waals surface area contributed by atoms with E-state index >= 15 is 4.79 Å². The van der Waals surface area contributed by atoms with Crippen molar-refractivity contribution in [3.05, 3.63) is 207 Å². The molecule has 1 amide bonds. The van der Waals surface area contributed by atoms with E-state index in [-0.39, 0.29) is 5.91 Å². The van der Waals surface area contributed by atoms with Gasteiger partial charge in [0.1, 0.15) is 0 Å². The van der Waals surface area contributed by atoms with Gasteiger partial charge in [-0.1, -0.05) is 162 Å². The maximum atomic E-state index is 15.7. The van der Waals surface area contributed by atoms with Crippen molar-refractivity contribution in [2.24, 2.45) is 0 Å². The molecule has 6 aromatic rings. The van der Waals surface area contributed by atoms with Crippen LogP contribution in [0.5, 0.6) is 0 Å². The number of hydrogen-bond donors (Lipinski definition) is 0. The summed E-state index contributed by atoms with van der Waals surface area (Å²) in [5.41, 5.74) is 18.0. The highest BCUT2D eigenvalue weighted by Crippen LogP contribution is 2.73. The maximum Gasteiger partial charge on any atom is 0.236 e. The van der Waals surface area contributed by atoms with E-state index in [1.165, 1.54) is 61.2 Å². The van der Waals surface area contributed by atoms with E-state index in [1.807, 2.05) is 6.07 Å². The van der Waals surface area contributed by atoms with E-state index in [2.05, 4.69) is 172 Å². The summed E-state index contributed by atoms with van der Waals surface area (Å²) in [7, 11) is 0. The zero-order valence-corrected chi connectivity index (χ0v) is 29.0. The summed E-state index contributed by atoms with van der Waals surface area (Å²) in [6.07, 6.45) is 0. The van der Waals surface area contributed by atoms with Gasteiger partial charge in [0.2, 0.25) is 5.91 Å². The fourth-order valence-corrected chi connectivity index (χ4v) is 8.89. The highest BCUT2D eigenvalue weighted by Gasteiger charge is 2.64. The van der Waals surface area contributed by atoms with Gasteiger partial charge in [0.15, 0.2) is 0 Å². The molecule has 2 atom stereocenters. The van der Waals surface area contributed by atoms with Crippen molar-refractivity contribution in [1.82, 2.24) is 0 Å². The number of allylic oxidation sites excluding steroid dienone is 4. The van der Waals surface area contributed by atoms with Gasteiger partial charge in [0.05, 0.1) is 17.9 Å². The van der Waals surface area contributed by atoms with Crippen LogP contribution in [0.3, 0.4) is 0 Å². The molecule has 6 aromatic carbocycles. The number of aryl methyl sites for hydroxylation is 4. The number of carbonyl (C=O) groups excluding carboxylic acids is 1. The molecule has 2 heteroatoms. The van der Waals surface area contributed by atoms with Crippen LogP contribution in [0.1, 0.15) is 67.1 Å². The largest absolute Gasteiger partial charge is 0.307 e. The quantitative estimate of drug-likeness (QED) is 0.183. The van der Waals surface area contributed by atoms with Crippen molar-refractivity contribution >= 4 is 33.9 Å². The first-order valence-electron chi connectivity index (χ1n) is 17.6. The molecule has 0 radical (unpaired) electrons. The number of anilines is 1. The molecule has 2 nitrogen and oxygen atoms in total. The second-order valence-electron chi connectivity index (χ2n) is 14.4. The van der Waals surface area contributed by atoms with Gasteiger partial charge >= 0.3 is 0 Å². The van der Waals surface area contributed by atoms with Crippen molar-refractivity contribution < 1.29 is 4.79 Å². The summed E-state index contributed by atoms with van der Waals surface area (Å²) < 4.78 is 0. The molecule has 1 aliphatic heterocycles. The van der Waals surface area contributed by atoms with E-state index < -0.39 is 11.3 Å². The monoisotopic (exact) mass is 645 g/mol. The average molecular weight is 646 g/mol. The summed E-state index contributed by atoms with van der Waals surface area (Å²) >= 11 is 0. The van der Waals surface area contributed by atoms with Gasteiger partial charge in [-0.2, -0.15) is 0 Å². The first-order valence-corrected chi connectivity index (χ1v) is 17.6. The van der Waals surface area contributed by atoms with Gasteiger partial charge in [-0.15, -0.1) is 0 Å². The fraction of sp³-hybridized carbons (Fsp3) is 0.146. The molecule has 1 heterocycles. The third kappa shape index (κ3) is 4.38. The fourth-order valence-electron chi connectivity index (χ4n) is 8.89.